The van der Waals surface area contributed by atoms with E-state index in [1.165, 1.54) is 36.0 Å². The van der Waals surface area contributed by atoms with Crippen LogP contribution in [0.15, 0.2) is 48.5 Å². The third kappa shape index (κ3) is 2.97. The van der Waals surface area contributed by atoms with E-state index in [9.17, 15) is 0 Å². The van der Waals surface area contributed by atoms with Crippen LogP contribution in [-0.4, -0.2) is 18.2 Å². The van der Waals surface area contributed by atoms with Gasteiger partial charge in [0.25, 0.3) is 0 Å². The van der Waals surface area contributed by atoms with Gasteiger partial charge >= 0.3 is 0 Å². The largest absolute Gasteiger partial charge is 0.485 e. The fraction of sp³-hybridized carbons (Fsp3) is 0.478. The van der Waals surface area contributed by atoms with Gasteiger partial charge in [0.2, 0.25) is 0 Å². The Kier molecular flexibility index (Phi) is 4.56. The summed E-state index contributed by atoms with van der Waals surface area (Å²) in [6.07, 6.45) is 6.07. The van der Waals surface area contributed by atoms with Gasteiger partial charge in [-0.25, -0.2) is 0 Å². The molecule has 2 heteroatoms. The second-order valence-electron chi connectivity index (χ2n) is 7.75. The van der Waals surface area contributed by atoms with Crippen LogP contribution < -0.4 is 10.1 Å². The van der Waals surface area contributed by atoms with Crippen molar-refractivity contribution in [2.24, 2.45) is 0 Å². The highest BCUT2D eigenvalue weighted by Gasteiger charge is 2.52. The van der Waals surface area contributed by atoms with Gasteiger partial charge in [0.15, 0.2) is 0 Å². The zero-order chi connectivity index (χ0) is 17.3. The molecule has 0 aromatic heterocycles. The van der Waals surface area contributed by atoms with Gasteiger partial charge in [-0.2, -0.15) is 0 Å². The van der Waals surface area contributed by atoms with Crippen molar-refractivity contribution in [1.82, 2.24) is 5.32 Å². The first-order valence-electron chi connectivity index (χ1n) is 9.76. The van der Waals surface area contributed by atoms with Gasteiger partial charge in [-0.3, -0.25) is 0 Å². The first-order chi connectivity index (χ1) is 12.2. The summed E-state index contributed by atoms with van der Waals surface area (Å²) in [4.78, 5) is 0. The van der Waals surface area contributed by atoms with E-state index in [4.69, 9.17) is 4.74 Å². The molecule has 4 rings (SSSR count). The minimum Gasteiger partial charge on any atom is -0.485 e. The Morgan fingerprint density at radius 3 is 2.80 bits per heavy atom. The summed E-state index contributed by atoms with van der Waals surface area (Å²) in [6.45, 7) is 5.52. The van der Waals surface area contributed by atoms with Crippen LogP contribution in [0.1, 0.15) is 55.2 Å². The summed E-state index contributed by atoms with van der Waals surface area (Å²) in [7, 11) is 0. The van der Waals surface area contributed by atoms with E-state index >= 15 is 0 Å². The van der Waals surface area contributed by atoms with E-state index in [0.29, 0.717) is 12.0 Å². The average Bonchev–Trinajstić information content (AvgIpc) is 2.99. The van der Waals surface area contributed by atoms with Crippen molar-refractivity contribution in [2.75, 3.05) is 6.54 Å². The molecule has 0 amide bonds. The lowest BCUT2D eigenvalue weighted by Gasteiger charge is -2.43. The van der Waals surface area contributed by atoms with Gasteiger partial charge in [0.05, 0.1) is 0 Å². The van der Waals surface area contributed by atoms with Gasteiger partial charge in [0, 0.05) is 17.5 Å². The number of benzene rings is 2. The standard InChI is InChI=1S/C23H29NO/c1-17-9-3-4-10-19(17)14-16-24-18(2)23-15-8-7-12-21(23)20-11-5-6-13-22(20)25-23/h3-6,9-11,13,18,21,24H,7-8,12,14-16H2,1-2H3. The van der Waals surface area contributed by atoms with Crippen molar-refractivity contribution < 1.29 is 4.74 Å². The third-order valence-electron chi connectivity index (χ3n) is 6.33. The Hall–Kier alpha value is -1.80. The zero-order valence-corrected chi connectivity index (χ0v) is 15.4. The van der Waals surface area contributed by atoms with E-state index in [1.807, 2.05) is 0 Å². The molecule has 2 nitrogen and oxygen atoms in total. The predicted molar refractivity (Wildman–Crippen MR) is 103 cm³/mol. The fourth-order valence-corrected chi connectivity index (χ4v) is 4.87. The number of hydrogen-bond acceptors (Lipinski definition) is 2. The normalized spacial score (nSPS) is 25.8. The molecule has 0 spiro atoms. The van der Waals surface area contributed by atoms with Crippen LogP contribution in [0.3, 0.4) is 0 Å². The van der Waals surface area contributed by atoms with Gasteiger partial charge in [0.1, 0.15) is 11.4 Å². The zero-order valence-electron chi connectivity index (χ0n) is 15.4. The quantitative estimate of drug-likeness (QED) is 0.830. The van der Waals surface area contributed by atoms with E-state index in [0.717, 1.165) is 25.1 Å². The monoisotopic (exact) mass is 335 g/mol. The summed E-state index contributed by atoms with van der Waals surface area (Å²) < 4.78 is 6.62. The predicted octanol–water partition coefficient (Wildman–Crippen LogP) is 5.00. The molecule has 3 unspecified atom stereocenters. The summed E-state index contributed by atoms with van der Waals surface area (Å²) in [5.74, 6) is 1.65. The molecule has 3 atom stereocenters. The van der Waals surface area contributed by atoms with Crippen LogP contribution in [0.4, 0.5) is 0 Å². The molecule has 1 aliphatic heterocycles. The molecule has 1 heterocycles. The Bertz CT molecular complexity index is 740. The molecule has 1 fully saturated rings. The second kappa shape index (κ2) is 6.84. The lowest BCUT2D eigenvalue weighted by molar-refractivity contribution is 0.00437. The fourth-order valence-electron chi connectivity index (χ4n) is 4.87. The maximum atomic E-state index is 6.62. The minimum absolute atomic E-state index is 0.0618. The molecule has 0 radical (unpaired) electrons. The summed E-state index contributed by atoms with van der Waals surface area (Å²) in [6, 6.07) is 17.7. The summed E-state index contributed by atoms with van der Waals surface area (Å²) >= 11 is 0. The summed E-state index contributed by atoms with van der Waals surface area (Å²) in [5, 5.41) is 3.80. The van der Waals surface area contributed by atoms with E-state index in [1.54, 1.807) is 0 Å². The lowest BCUT2D eigenvalue weighted by atomic mass is 9.70. The molecule has 0 bridgehead atoms. The number of aryl methyl sites for hydroxylation is 1. The van der Waals surface area contributed by atoms with Crippen molar-refractivity contribution >= 4 is 0 Å². The third-order valence-corrected chi connectivity index (χ3v) is 6.33. The average molecular weight is 335 g/mol. The highest BCUT2D eigenvalue weighted by Crippen LogP contribution is 2.53. The molecule has 25 heavy (non-hydrogen) atoms. The second-order valence-corrected chi connectivity index (χ2v) is 7.75. The van der Waals surface area contributed by atoms with Crippen molar-refractivity contribution in [3.63, 3.8) is 0 Å². The summed E-state index contributed by atoms with van der Waals surface area (Å²) in [5.41, 5.74) is 4.19. The van der Waals surface area contributed by atoms with E-state index < -0.39 is 0 Å². The van der Waals surface area contributed by atoms with E-state index in [-0.39, 0.29) is 5.60 Å². The van der Waals surface area contributed by atoms with Gasteiger partial charge in [-0.05, 0) is 63.3 Å². The Balaban J connectivity index is 1.47. The number of rotatable bonds is 5. The first kappa shape index (κ1) is 16.7. The van der Waals surface area contributed by atoms with Crippen LogP contribution in [0, 0.1) is 6.92 Å². The molecule has 1 N–H and O–H groups in total. The number of fused-ring (bicyclic) bond motifs is 3. The highest BCUT2D eigenvalue weighted by atomic mass is 16.5. The lowest BCUT2D eigenvalue weighted by Crippen LogP contribution is -2.56. The molecule has 132 valence electrons. The van der Waals surface area contributed by atoms with Crippen molar-refractivity contribution in [3.8, 4) is 5.75 Å². The Morgan fingerprint density at radius 2 is 1.92 bits per heavy atom. The van der Waals surface area contributed by atoms with Crippen molar-refractivity contribution in [3.05, 3.63) is 65.2 Å². The van der Waals surface area contributed by atoms with Crippen LogP contribution in [-0.2, 0) is 6.42 Å². The van der Waals surface area contributed by atoms with Crippen molar-refractivity contribution in [1.29, 1.82) is 0 Å². The topological polar surface area (TPSA) is 21.3 Å². The number of hydrogen-bond donors (Lipinski definition) is 1. The number of ether oxygens (including phenoxy) is 1. The van der Waals surface area contributed by atoms with Gasteiger partial charge in [-0.1, -0.05) is 48.9 Å². The maximum absolute atomic E-state index is 6.62. The van der Waals surface area contributed by atoms with Crippen LogP contribution in [0.2, 0.25) is 0 Å². The molecular formula is C23H29NO. The van der Waals surface area contributed by atoms with Crippen molar-refractivity contribution in [2.45, 2.75) is 63.5 Å². The Morgan fingerprint density at radius 1 is 1.12 bits per heavy atom. The smallest absolute Gasteiger partial charge is 0.131 e. The van der Waals surface area contributed by atoms with Gasteiger partial charge < -0.3 is 10.1 Å². The molecule has 1 saturated carbocycles. The maximum Gasteiger partial charge on any atom is 0.131 e. The van der Waals surface area contributed by atoms with Gasteiger partial charge in [-0.15, -0.1) is 0 Å². The molecule has 1 aliphatic carbocycles. The molecule has 2 aliphatic rings. The molecule has 2 aromatic carbocycles. The number of nitrogens with one attached hydrogen (secondary N) is 1. The Labute approximate surface area is 151 Å². The van der Waals surface area contributed by atoms with Crippen LogP contribution in [0.5, 0.6) is 5.75 Å². The molecule has 0 saturated heterocycles. The minimum atomic E-state index is -0.0618. The van der Waals surface area contributed by atoms with Crippen LogP contribution in [0.25, 0.3) is 0 Å². The van der Waals surface area contributed by atoms with E-state index in [2.05, 4.69) is 67.7 Å². The highest BCUT2D eigenvalue weighted by molar-refractivity contribution is 5.44. The first-order valence-corrected chi connectivity index (χ1v) is 9.76. The van der Waals surface area contributed by atoms with Crippen LogP contribution >= 0.6 is 0 Å². The molecule has 2 aromatic rings. The number of para-hydroxylation sites is 1. The SMILES string of the molecule is Cc1ccccc1CCNC(C)C12CCCCC1c1ccccc1O2. The molecular weight excluding hydrogens is 306 g/mol.